The molecule has 116 valence electrons. The molecule has 0 aromatic rings. The van der Waals surface area contributed by atoms with Gasteiger partial charge in [0.05, 0.1) is 18.8 Å². The van der Waals surface area contributed by atoms with Gasteiger partial charge in [0.1, 0.15) is 5.54 Å². The summed E-state index contributed by atoms with van der Waals surface area (Å²) in [4.78, 5) is 14.6. The molecule has 2 fully saturated rings. The first-order valence-corrected chi connectivity index (χ1v) is 7.75. The van der Waals surface area contributed by atoms with Gasteiger partial charge < -0.3 is 9.47 Å². The maximum atomic E-state index is 12.3. The molecule has 1 aliphatic heterocycles. The van der Waals surface area contributed by atoms with Gasteiger partial charge in [-0.15, -0.1) is 0 Å². The second-order valence-corrected chi connectivity index (χ2v) is 6.42. The highest BCUT2D eigenvalue weighted by Crippen LogP contribution is 2.24. The van der Waals surface area contributed by atoms with Crippen LogP contribution in [0.4, 0.5) is 0 Å². The van der Waals surface area contributed by atoms with Gasteiger partial charge in [0.2, 0.25) is 0 Å². The molecule has 0 radical (unpaired) electrons. The van der Waals surface area contributed by atoms with Gasteiger partial charge in [0.25, 0.3) is 0 Å². The molecule has 0 bridgehead atoms. The quantitative estimate of drug-likeness (QED) is 0.742. The molecule has 1 saturated carbocycles. The minimum absolute atomic E-state index is 0.140. The molecule has 1 N–H and O–H groups in total. The molecular weight excluding hydrogens is 256 g/mol. The zero-order valence-corrected chi connectivity index (χ0v) is 13.1. The topological polar surface area (TPSA) is 50.8 Å². The van der Waals surface area contributed by atoms with Crippen molar-refractivity contribution in [3.05, 3.63) is 0 Å². The number of hydrogen-bond acceptors (Lipinski definition) is 5. The standard InChI is InChI=1S/C15H28N2O3/c1-5-19-14(18)15(4,16-13-6-7-13)10-17-8-11(2)20-12(3)9-17/h11-13,16H,5-10H2,1-4H3/t11-,12+,15?. The van der Waals surface area contributed by atoms with E-state index in [1.165, 1.54) is 0 Å². The van der Waals surface area contributed by atoms with Gasteiger partial charge in [-0.25, -0.2) is 0 Å². The molecule has 0 amide bonds. The molecule has 0 aromatic carbocycles. The molecule has 1 heterocycles. The van der Waals surface area contributed by atoms with E-state index in [-0.39, 0.29) is 18.2 Å². The number of nitrogens with one attached hydrogen (secondary N) is 1. The van der Waals surface area contributed by atoms with Crippen molar-refractivity contribution < 1.29 is 14.3 Å². The van der Waals surface area contributed by atoms with Crippen molar-refractivity contribution in [2.45, 2.75) is 64.3 Å². The van der Waals surface area contributed by atoms with E-state index in [4.69, 9.17) is 9.47 Å². The number of rotatable bonds is 6. The average molecular weight is 284 g/mol. The highest BCUT2D eigenvalue weighted by Gasteiger charge is 2.42. The smallest absolute Gasteiger partial charge is 0.327 e. The van der Waals surface area contributed by atoms with E-state index in [2.05, 4.69) is 24.1 Å². The van der Waals surface area contributed by atoms with E-state index in [0.717, 1.165) is 25.9 Å². The summed E-state index contributed by atoms with van der Waals surface area (Å²) in [5, 5.41) is 3.47. The summed E-state index contributed by atoms with van der Waals surface area (Å²) in [6.45, 7) is 10.8. The van der Waals surface area contributed by atoms with Crippen LogP contribution in [0.2, 0.25) is 0 Å². The summed E-state index contributed by atoms with van der Waals surface area (Å²) >= 11 is 0. The maximum absolute atomic E-state index is 12.3. The molecule has 0 aromatic heterocycles. The number of carbonyl (C=O) groups excluding carboxylic acids is 1. The van der Waals surface area contributed by atoms with Crippen LogP contribution in [0.3, 0.4) is 0 Å². The van der Waals surface area contributed by atoms with Crippen LogP contribution in [0, 0.1) is 0 Å². The zero-order valence-electron chi connectivity index (χ0n) is 13.1. The van der Waals surface area contributed by atoms with Crippen molar-refractivity contribution in [2.24, 2.45) is 0 Å². The second-order valence-electron chi connectivity index (χ2n) is 6.42. The molecule has 3 atom stereocenters. The van der Waals surface area contributed by atoms with Crippen molar-refractivity contribution in [1.82, 2.24) is 10.2 Å². The number of esters is 1. The fraction of sp³-hybridized carbons (Fsp3) is 0.933. The van der Waals surface area contributed by atoms with E-state index in [1.807, 2.05) is 13.8 Å². The first-order chi connectivity index (χ1) is 9.43. The highest BCUT2D eigenvalue weighted by molar-refractivity contribution is 5.80. The van der Waals surface area contributed by atoms with Gasteiger partial charge in [-0.1, -0.05) is 0 Å². The first kappa shape index (κ1) is 15.7. The predicted octanol–water partition coefficient (Wildman–Crippen LogP) is 1.17. The van der Waals surface area contributed by atoms with E-state index in [0.29, 0.717) is 19.2 Å². The van der Waals surface area contributed by atoms with Crippen LogP contribution < -0.4 is 5.32 Å². The van der Waals surface area contributed by atoms with Crippen LogP contribution in [-0.4, -0.2) is 60.9 Å². The molecule has 2 rings (SSSR count). The number of ether oxygens (including phenoxy) is 2. The summed E-state index contributed by atoms with van der Waals surface area (Å²) in [6.07, 6.45) is 2.74. The van der Waals surface area contributed by atoms with Gasteiger partial charge in [-0.05, 0) is 40.5 Å². The third-order valence-electron chi connectivity index (χ3n) is 3.86. The monoisotopic (exact) mass is 284 g/mol. The van der Waals surface area contributed by atoms with Crippen molar-refractivity contribution in [3.8, 4) is 0 Å². The Morgan fingerprint density at radius 3 is 2.45 bits per heavy atom. The van der Waals surface area contributed by atoms with E-state index in [9.17, 15) is 4.79 Å². The summed E-state index contributed by atoms with van der Waals surface area (Å²) in [6, 6.07) is 0.472. The Morgan fingerprint density at radius 1 is 1.35 bits per heavy atom. The molecule has 1 aliphatic carbocycles. The lowest BCUT2D eigenvalue weighted by Gasteiger charge is -2.40. The number of morpholine rings is 1. The van der Waals surface area contributed by atoms with Gasteiger partial charge in [-0.2, -0.15) is 0 Å². The normalized spacial score (nSPS) is 30.8. The van der Waals surface area contributed by atoms with Crippen LogP contribution in [0.25, 0.3) is 0 Å². The van der Waals surface area contributed by atoms with Crippen LogP contribution in [0.15, 0.2) is 0 Å². The molecule has 0 spiro atoms. The molecule has 2 aliphatic rings. The Kier molecular flexibility index (Phi) is 5.04. The Bertz CT molecular complexity index is 336. The number of hydrogen-bond donors (Lipinski definition) is 1. The van der Waals surface area contributed by atoms with Gasteiger partial charge >= 0.3 is 5.97 Å². The lowest BCUT2D eigenvalue weighted by Crippen LogP contribution is -2.61. The summed E-state index contributed by atoms with van der Waals surface area (Å²) < 4.78 is 11.0. The van der Waals surface area contributed by atoms with Gasteiger partial charge in [-0.3, -0.25) is 15.0 Å². The molecule has 5 nitrogen and oxygen atoms in total. The lowest BCUT2D eigenvalue weighted by molar-refractivity contribution is -0.153. The molecule has 1 saturated heterocycles. The highest BCUT2D eigenvalue weighted by atomic mass is 16.5. The lowest BCUT2D eigenvalue weighted by atomic mass is 10.0. The Hall–Kier alpha value is -0.650. The molecule has 1 unspecified atom stereocenters. The SMILES string of the molecule is CCOC(=O)C(C)(CN1C[C@@H](C)O[C@@H](C)C1)NC1CC1. The number of nitrogens with zero attached hydrogens (tertiary/aromatic N) is 1. The third kappa shape index (κ3) is 4.17. The Labute approximate surface area is 122 Å². The van der Waals surface area contributed by atoms with E-state index >= 15 is 0 Å². The Balaban J connectivity index is 2.00. The third-order valence-corrected chi connectivity index (χ3v) is 3.86. The fourth-order valence-corrected chi connectivity index (χ4v) is 3.00. The van der Waals surface area contributed by atoms with Gasteiger partial charge in [0.15, 0.2) is 0 Å². The average Bonchev–Trinajstić information content (AvgIpc) is 3.11. The number of carbonyl (C=O) groups is 1. The van der Waals surface area contributed by atoms with Crippen LogP contribution >= 0.6 is 0 Å². The van der Waals surface area contributed by atoms with Crippen LogP contribution in [-0.2, 0) is 14.3 Å². The summed E-state index contributed by atoms with van der Waals surface area (Å²) in [5.41, 5.74) is -0.617. The largest absolute Gasteiger partial charge is 0.465 e. The maximum Gasteiger partial charge on any atom is 0.327 e. The summed E-state index contributed by atoms with van der Waals surface area (Å²) in [5.74, 6) is -0.140. The fourth-order valence-electron chi connectivity index (χ4n) is 3.00. The molecule has 5 heteroatoms. The Morgan fingerprint density at radius 2 is 1.95 bits per heavy atom. The first-order valence-electron chi connectivity index (χ1n) is 7.75. The predicted molar refractivity (Wildman–Crippen MR) is 77.6 cm³/mol. The van der Waals surface area contributed by atoms with E-state index in [1.54, 1.807) is 0 Å². The molecular formula is C15H28N2O3. The minimum atomic E-state index is -0.617. The van der Waals surface area contributed by atoms with Crippen LogP contribution in [0.5, 0.6) is 0 Å². The van der Waals surface area contributed by atoms with Crippen LogP contribution in [0.1, 0.15) is 40.5 Å². The van der Waals surface area contributed by atoms with Crippen molar-refractivity contribution >= 4 is 5.97 Å². The summed E-state index contributed by atoms with van der Waals surface area (Å²) in [7, 11) is 0. The van der Waals surface area contributed by atoms with Crippen molar-refractivity contribution in [3.63, 3.8) is 0 Å². The van der Waals surface area contributed by atoms with Crippen molar-refractivity contribution in [2.75, 3.05) is 26.2 Å². The van der Waals surface area contributed by atoms with E-state index < -0.39 is 5.54 Å². The second kappa shape index (κ2) is 6.41. The zero-order chi connectivity index (χ0) is 14.8. The minimum Gasteiger partial charge on any atom is -0.465 e. The van der Waals surface area contributed by atoms with Gasteiger partial charge in [0, 0.05) is 25.7 Å². The van der Waals surface area contributed by atoms with Crippen molar-refractivity contribution in [1.29, 1.82) is 0 Å². The molecule has 20 heavy (non-hydrogen) atoms.